The zero-order valence-corrected chi connectivity index (χ0v) is 16.6. The Morgan fingerprint density at radius 1 is 1.14 bits per heavy atom. The fraction of sp³-hybridized carbons (Fsp3) is 0.333. The van der Waals surface area contributed by atoms with Crippen LogP contribution < -0.4 is 10.9 Å². The normalized spacial score (nSPS) is 16.2. The largest absolute Gasteiger partial charge is 0.379 e. The van der Waals surface area contributed by atoms with E-state index in [-0.39, 0.29) is 11.5 Å². The molecule has 3 aromatic rings. The van der Waals surface area contributed by atoms with Gasteiger partial charge in [-0.05, 0) is 36.8 Å². The van der Waals surface area contributed by atoms with E-state index in [1.165, 1.54) is 21.1 Å². The van der Waals surface area contributed by atoms with Gasteiger partial charge in [-0.1, -0.05) is 35.8 Å². The van der Waals surface area contributed by atoms with Crippen molar-refractivity contribution in [1.29, 1.82) is 0 Å². The van der Waals surface area contributed by atoms with E-state index < -0.39 is 6.04 Å². The molecular formula is C21H23N3O3S. The van der Waals surface area contributed by atoms with Crippen molar-refractivity contribution in [1.82, 2.24) is 8.86 Å². The van der Waals surface area contributed by atoms with Crippen LogP contribution >= 0.6 is 11.5 Å². The number of rotatable bonds is 5. The van der Waals surface area contributed by atoms with Gasteiger partial charge < -0.3 is 10.1 Å². The second kappa shape index (κ2) is 8.26. The van der Waals surface area contributed by atoms with Crippen molar-refractivity contribution in [2.75, 3.05) is 31.6 Å². The van der Waals surface area contributed by atoms with E-state index in [9.17, 15) is 9.59 Å². The van der Waals surface area contributed by atoms with Crippen molar-refractivity contribution < 1.29 is 9.53 Å². The molecule has 0 bridgehead atoms. The highest BCUT2D eigenvalue weighted by atomic mass is 32.1. The molecule has 0 saturated carbocycles. The third kappa shape index (κ3) is 4.01. The number of benzene rings is 2. The molecule has 1 saturated heterocycles. The first-order chi connectivity index (χ1) is 13.6. The van der Waals surface area contributed by atoms with E-state index in [1.807, 2.05) is 42.5 Å². The van der Waals surface area contributed by atoms with Crippen LogP contribution in [-0.4, -0.2) is 41.1 Å². The maximum Gasteiger partial charge on any atom is 0.269 e. The van der Waals surface area contributed by atoms with Crippen LogP contribution in [0.5, 0.6) is 0 Å². The van der Waals surface area contributed by atoms with Gasteiger partial charge in [-0.3, -0.25) is 18.4 Å². The summed E-state index contributed by atoms with van der Waals surface area (Å²) in [4.78, 5) is 27.6. The Bertz CT molecular complexity index is 1020. The first-order valence-corrected chi connectivity index (χ1v) is 10.2. The van der Waals surface area contributed by atoms with Crippen molar-refractivity contribution >= 4 is 33.2 Å². The van der Waals surface area contributed by atoms with Gasteiger partial charge in [-0.15, -0.1) is 0 Å². The Kier molecular flexibility index (Phi) is 5.57. The van der Waals surface area contributed by atoms with Gasteiger partial charge in [0.05, 0.1) is 23.3 Å². The van der Waals surface area contributed by atoms with E-state index in [4.69, 9.17) is 4.74 Å². The first-order valence-electron chi connectivity index (χ1n) is 9.42. The number of carbonyl (C=O) groups excluding carboxylic acids is 1. The van der Waals surface area contributed by atoms with Crippen LogP contribution in [0.4, 0.5) is 5.69 Å². The lowest BCUT2D eigenvalue weighted by Crippen LogP contribution is -2.35. The summed E-state index contributed by atoms with van der Waals surface area (Å²) >= 11 is 1.32. The standard InChI is InChI=1S/C21H23N3O3S/c1-15(24-21(26)18-4-2-3-5-19(18)28-24)20(25)22-17-8-6-16(7-9-17)14-23-10-12-27-13-11-23/h2-9,15H,10-14H2,1H3,(H,22,25)/t15-/m1/s1. The third-order valence-corrected chi connectivity index (χ3v) is 6.21. The molecule has 1 N–H and O–H groups in total. The number of nitrogens with one attached hydrogen (secondary N) is 1. The molecule has 4 rings (SSSR count). The molecular weight excluding hydrogens is 374 g/mol. The van der Waals surface area contributed by atoms with E-state index in [0.29, 0.717) is 5.39 Å². The molecule has 0 unspecified atom stereocenters. The fourth-order valence-electron chi connectivity index (χ4n) is 3.31. The Morgan fingerprint density at radius 2 is 1.86 bits per heavy atom. The van der Waals surface area contributed by atoms with Crippen LogP contribution in [0.25, 0.3) is 10.1 Å². The van der Waals surface area contributed by atoms with Crippen molar-refractivity contribution in [3.05, 3.63) is 64.4 Å². The maximum absolute atomic E-state index is 12.7. The predicted molar refractivity (Wildman–Crippen MR) is 112 cm³/mol. The molecule has 0 spiro atoms. The van der Waals surface area contributed by atoms with E-state index in [0.717, 1.165) is 43.2 Å². The van der Waals surface area contributed by atoms with Crippen LogP contribution in [0.3, 0.4) is 0 Å². The van der Waals surface area contributed by atoms with Gasteiger partial charge in [0, 0.05) is 25.3 Å². The van der Waals surface area contributed by atoms with Gasteiger partial charge in [0.2, 0.25) is 5.91 Å². The third-order valence-electron chi connectivity index (χ3n) is 4.98. The van der Waals surface area contributed by atoms with Crippen molar-refractivity contribution in [3.8, 4) is 0 Å². The highest BCUT2D eigenvalue weighted by molar-refractivity contribution is 7.14. The Hall–Kier alpha value is -2.48. The Balaban J connectivity index is 1.42. The lowest BCUT2D eigenvalue weighted by Gasteiger charge is -2.26. The minimum absolute atomic E-state index is 0.121. The molecule has 1 aliphatic heterocycles. The van der Waals surface area contributed by atoms with Gasteiger partial charge in [0.15, 0.2) is 0 Å². The maximum atomic E-state index is 12.7. The molecule has 1 aliphatic rings. The number of hydrogen-bond donors (Lipinski definition) is 1. The molecule has 7 heteroatoms. The quantitative estimate of drug-likeness (QED) is 0.719. The van der Waals surface area contributed by atoms with Crippen molar-refractivity contribution in [2.24, 2.45) is 0 Å². The second-order valence-corrected chi connectivity index (χ2v) is 7.98. The molecule has 0 aliphatic carbocycles. The topological polar surface area (TPSA) is 63.6 Å². The molecule has 28 heavy (non-hydrogen) atoms. The number of anilines is 1. The molecule has 1 amide bonds. The second-order valence-electron chi connectivity index (χ2n) is 6.97. The molecule has 6 nitrogen and oxygen atoms in total. The number of hydrogen-bond acceptors (Lipinski definition) is 5. The van der Waals surface area contributed by atoms with Gasteiger partial charge in [-0.2, -0.15) is 0 Å². The highest BCUT2D eigenvalue weighted by Crippen LogP contribution is 2.21. The predicted octanol–water partition coefficient (Wildman–Crippen LogP) is 3.09. The zero-order chi connectivity index (χ0) is 19.5. The lowest BCUT2D eigenvalue weighted by atomic mass is 10.2. The van der Waals surface area contributed by atoms with Gasteiger partial charge in [-0.25, -0.2) is 0 Å². The summed E-state index contributed by atoms with van der Waals surface area (Å²) in [5, 5.41) is 3.57. The molecule has 1 aromatic heterocycles. The highest BCUT2D eigenvalue weighted by Gasteiger charge is 2.20. The number of nitrogens with zero attached hydrogens (tertiary/aromatic N) is 2. The van der Waals surface area contributed by atoms with E-state index in [2.05, 4.69) is 10.2 Å². The smallest absolute Gasteiger partial charge is 0.269 e. The van der Waals surface area contributed by atoms with E-state index in [1.54, 1.807) is 13.0 Å². The molecule has 2 heterocycles. The number of fused-ring (bicyclic) bond motifs is 1. The van der Waals surface area contributed by atoms with Crippen molar-refractivity contribution in [2.45, 2.75) is 19.5 Å². The van der Waals surface area contributed by atoms with Crippen LogP contribution in [0.2, 0.25) is 0 Å². The minimum Gasteiger partial charge on any atom is -0.379 e. The Labute approximate surface area is 167 Å². The molecule has 2 aromatic carbocycles. The first kappa shape index (κ1) is 18.9. The zero-order valence-electron chi connectivity index (χ0n) is 15.8. The Morgan fingerprint density at radius 3 is 2.57 bits per heavy atom. The molecule has 1 atom stereocenters. The summed E-state index contributed by atoms with van der Waals surface area (Å²) < 4.78 is 7.80. The monoisotopic (exact) mass is 397 g/mol. The number of carbonyl (C=O) groups is 1. The molecule has 1 fully saturated rings. The average Bonchev–Trinajstić information content (AvgIpc) is 3.06. The summed E-state index contributed by atoms with van der Waals surface area (Å²) in [6, 6.07) is 14.7. The summed E-state index contributed by atoms with van der Waals surface area (Å²) in [5.74, 6) is -0.199. The molecule has 0 radical (unpaired) electrons. The van der Waals surface area contributed by atoms with Gasteiger partial charge in [0.1, 0.15) is 6.04 Å². The fourth-order valence-corrected chi connectivity index (χ4v) is 4.35. The van der Waals surface area contributed by atoms with Gasteiger partial charge >= 0.3 is 0 Å². The average molecular weight is 398 g/mol. The SMILES string of the molecule is C[C@H](C(=O)Nc1ccc(CN2CCOCC2)cc1)n1sc2ccccc2c1=O. The number of morpholine rings is 1. The summed E-state index contributed by atoms with van der Waals surface area (Å²) in [6.45, 7) is 6.08. The summed E-state index contributed by atoms with van der Waals surface area (Å²) in [6.07, 6.45) is 0. The van der Waals surface area contributed by atoms with Crippen LogP contribution in [-0.2, 0) is 16.1 Å². The van der Waals surface area contributed by atoms with Gasteiger partial charge in [0.25, 0.3) is 5.56 Å². The van der Waals surface area contributed by atoms with E-state index >= 15 is 0 Å². The molecule has 146 valence electrons. The summed E-state index contributed by atoms with van der Waals surface area (Å²) in [5.41, 5.74) is 1.81. The van der Waals surface area contributed by atoms with Crippen LogP contribution in [0.15, 0.2) is 53.3 Å². The summed E-state index contributed by atoms with van der Waals surface area (Å²) in [7, 11) is 0. The van der Waals surface area contributed by atoms with Crippen LogP contribution in [0, 0.1) is 0 Å². The van der Waals surface area contributed by atoms with Crippen molar-refractivity contribution in [3.63, 3.8) is 0 Å². The number of amides is 1. The lowest BCUT2D eigenvalue weighted by molar-refractivity contribution is -0.118. The number of ether oxygens (including phenoxy) is 1. The van der Waals surface area contributed by atoms with Crippen LogP contribution in [0.1, 0.15) is 18.5 Å². The number of aromatic nitrogens is 1. The minimum atomic E-state index is -0.571.